The predicted octanol–water partition coefficient (Wildman–Crippen LogP) is 2.74. The molecule has 120 valence electrons. The number of fused-ring (bicyclic) bond motifs is 1. The van der Waals surface area contributed by atoms with Gasteiger partial charge in [-0.05, 0) is 36.1 Å². The largest absolute Gasteiger partial charge is 0.412 e. The van der Waals surface area contributed by atoms with Gasteiger partial charge in [0.15, 0.2) is 0 Å². The quantitative estimate of drug-likeness (QED) is 0.724. The van der Waals surface area contributed by atoms with Gasteiger partial charge in [0.1, 0.15) is 0 Å². The number of nitrogen functional groups attached to an aromatic ring is 1. The Morgan fingerprint density at radius 2 is 1.92 bits per heavy atom. The van der Waals surface area contributed by atoms with Crippen LogP contribution in [0, 0.1) is 0 Å². The molecule has 0 fully saturated rings. The smallest absolute Gasteiger partial charge is 0.309 e. The van der Waals surface area contributed by atoms with Crippen molar-refractivity contribution in [3.8, 4) is 11.5 Å². The molecular weight excluding hydrogens is 304 g/mol. The molecule has 2 aromatic carbocycles. The van der Waals surface area contributed by atoms with E-state index in [4.69, 9.17) is 10.2 Å². The second kappa shape index (κ2) is 5.81. The second-order valence-corrected chi connectivity index (χ2v) is 5.76. The first-order chi connectivity index (χ1) is 11.7. The highest BCUT2D eigenvalue weighted by Gasteiger charge is 2.26. The minimum absolute atomic E-state index is 0.0224. The summed E-state index contributed by atoms with van der Waals surface area (Å²) in [6.07, 6.45) is 1.83. The zero-order valence-corrected chi connectivity index (χ0v) is 12.9. The van der Waals surface area contributed by atoms with Crippen molar-refractivity contribution in [3.05, 3.63) is 65.5 Å². The topological polar surface area (TPSA) is 94.0 Å². The molecule has 24 heavy (non-hydrogen) atoms. The van der Waals surface area contributed by atoms with Crippen LogP contribution in [0.5, 0.6) is 0 Å². The maximum absolute atomic E-state index is 12.4. The number of anilines is 1. The Kier molecular flexibility index (Phi) is 3.49. The molecule has 0 saturated heterocycles. The number of benzene rings is 2. The van der Waals surface area contributed by atoms with Crippen molar-refractivity contribution in [1.82, 2.24) is 15.5 Å². The van der Waals surface area contributed by atoms with E-state index in [2.05, 4.69) is 21.6 Å². The van der Waals surface area contributed by atoms with E-state index in [0.29, 0.717) is 11.3 Å². The van der Waals surface area contributed by atoms with Gasteiger partial charge in [-0.15, -0.1) is 10.2 Å². The van der Waals surface area contributed by atoms with Crippen LogP contribution in [-0.2, 0) is 6.42 Å². The first kappa shape index (κ1) is 14.4. The number of amides is 1. The lowest BCUT2D eigenvalue weighted by molar-refractivity contribution is 0.0902. The molecule has 1 heterocycles. The average molecular weight is 320 g/mol. The van der Waals surface area contributed by atoms with Crippen LogP contribution in [0.3, 0.4) is 0 Å². The Balaban J connectivity index is 1.53. The van der Waals surface area contributed by atoms with Crippen molar-refractivity contribution < 1.29 is 9.21 Å². The van der Waals surface area contributed by atoms with Crippen molar-refractivity contribution in [1.29, 1.82) is 0 Å². The fourth-order valence-electron chi connectivity index (χ4n) is 3.04. The molecule has 1 aliphatic carbocycles. The Hall–Kier alpha value is -3.15. The van der Waals surface area contributed by atoms with Gasteiger partial charge in [0.05, 0.1) is 11.6 Å². The Labute approximate surface area is 138 Å². The van der Waals surface area contributed by atoms with Crippen LogP contribution >= 0.6 is 0 Å². The van der Waals surface area contributed by atoms with Crippen molar-refractivity contribution in [2.45, 2.75) is 18.9 Å². The minimum atomic E-state index is -0.370. The lowest BCUT2D eigenvalue weighted by atomic mass is 10.1. The fourth-order valence-corrected chi connectivity index (χ4v) is 3.04. The Morgan fingerprint density at radius 1 is 1.12 bits per heavy atom. The summed E-state index contributed by atoms with van der Waals surface area (Å²) < 4.78 is 5.50. The lowest BCUT2D eigenvalue weighted by Crippen LogP contribution is -2.27. The summed E-state index contributed by atoms with van der Waals surface area (Å²) in [5.41, 5.74) is 9.46. The Bertz CT molecular complexity index is 903. The highest BCUT2D eigenvalue weighted by Crippen LogP contribution is 2.31. The maximum Gasteiger partial charge on any atom is 0.309 e. The van der Waals surface area contributed by atoms with Gasteiger partial charge < -0.3 is 15.5 Å². The van der Waals surface area contributed by atoms with Crippen molar-refractivity contribution >= 4 is 11.6 Å². The molecule has 0 bridgehead atoms. The summed E-state index contributed by atoms with van der Waals surface area (Å²) >= 11 is 0. The molecule has 3 aromatic rings. The molecule has 1 atom stereocenters. The number of carbonyl (C=O) groups is 1. The Morgan fingerprint density at radius 3 is 2.79 bits per heavy atom. The first-order valence-electron chi connectivity index (χ1n) is 7.79. The van der Waals surface area contributed by atoms with Crippen molar-refractivity contribution in [2.75, 3.05) is 5.73 Å². The third kappa shape index (κ3) is 2.52. The molecule has 1 amide bonds. The molecule has 0 saturated carbocycles. The number of nitrogens with zero attached hydrogens (tertiary/aromatic N) is 2. The number of para-hydroxylation sites is 1. The van der Waals surface area contributed by atoms with Crippen molar-refractivity contribution in [2.24, 2.45) is 0 Å². The van der Waals surface area contributed by atoms with E-state index in [1.807, 2.05) is 30.3 Å². The number of hydrogen-bond acceptors (Lipinski definition) is 5. The third-order valence-corrected chi connectivity index (χ3v) is 4.25. The summed E-state index contributed by atoms with van der Waals surface area (Å²) in [5, 5.41) is 10.7. The summed E-state index contributed by atoms with van der Waals surface area (Å²) in [5.74, 6) is -0.187. The lowest BCUT2D eigenvalue weighted by Gasteiger charge is -2.12. The molecule has 0 radical (unpaired) electrons. The normalized spacial score (nSPS) is 15.9. The predicted molar refractivity (Wildman–Crippen MR) is 89.1 cm³/mol. The standard InChI is InChI=1S/C18H16N4O2/c19-14-8-4-3-7-13(14)17-21-22-18(24-17)16(23)20-15-10-9-11-5-1-2-6-12(11)15/h1-8,15H,9-10,19H2,(H,20,23). The summed E-state index contributed by atoms with van der Waals surface area (Å²) in [7, 11) is 0. The van der Waals surface area contributed by atoms with Gasteiger partial charge in [0.25, 0.3) is 0 Å². The number of rotatable bonds is 3. The van der Waals surface area contributed by atoms with Crippen LogP contribution in [0.2, 0.25) is 0 Å². The van der Waals surface area contributed by atoms with Crippen LogP contribution in [0.15, 0.2) is 52.9 Å². The molecule has 6 heteroatoms. The van der Waals surface area contributed by atoms with Gasteiger partial charge in [-0.25, -0.2) is 0 Å². The van der Waals surface area contributed by atoms with E-state index < -0.39 is 0 Å². The molecule has 4 rings (SSSR count). The summed E-state index contributed by atoms with van der Waals surface area (Å²) in [6, 6.07) is 15.3. The summed E-state index contributed by atoms with van der Waals surface area (Å²) in [6.45, 7) is 0. The van der Waals surface area contributed by atoms with E-state index in [1.54, 1.807) is 12.1 Å². The van der Waals surface area contributed by atoms with Gasteiger partial charge in [-0.3, -0.25) is 4.79 Å². The summed E-state index contributed by atoms with van der Waals surface area (Å²) in [4.78, 5) is 12.4. The van der Waals surface area contributed by atoms with Crippen LogP contribution in [0.4, 0.5) is 5.69 Å². The number of carbonyl (C=O) groups excluding carboxylic acids is 1. The van der Waals surface area contributed by atoms with Gasteiger partial charge in [-0.2, -0.15) is 0 Å². The van der Waals surface area contributed by atoms with E-state index in [1.165, 1.54) is 5.56 Å². The molecule has 1 aromatic heterocycles. The second-order valence-electron chi connectivity index (χ2n) is 5.76. The van der Waals surface area contributed by atoms with E-state index in [9.17, 15) is 4.79 Å². The zero-order valence-electron chi connectivity index (χ0n) is 12.9. The van der Waals surface area contributed by atoms with E-state index in [-0.39, 0.29) is 23.7 Å². The highest BCUT2D eigenvalue weighted by molar-refractivity contribution is 5.90. The van der Waals surface area contributed by atoms with E-state index in [0.717, 1.165) is 18.4 Å². The monoisotopic (exact) mass is 320 g/mol. The number of nitrogens with two attached hydrogens (primary N) is 1. The molecule has 0 spiro atoms. The highest BCUT2D eigenvalue weighted by atomic mass is 16.4. The van der Waals surface area contributed by atoms with Gasteiger partial charge in [0, 0.05) is 5.69 Å². The first-order valence-corrected chi connectivity index (χ1v) is 7.79. The average Bonchev–Trinajstić information content (AvgIpc) is 3.23. The van der Waals surface area contributed by atoms with Gasteiger partial charge >= 0.3 is 11.8 Å². The molecular formula is C18H16N4O2. The van der Waals surface area contributed by atoms with Crippen LogP contribution in [0.25, 0.3) is 11.5 Å². The molecule has 6 nitrogen and oxygen atoms in total. The molecule has 0 aliphatic heterocycles. The SMILES string of the molecule is Nc1ccccc1-c1nnc(C(=O)NC2CCc3ccccc32)o1. The molecule has 3 N–H and O–H groups in total. The zero-order chi connectivity index (χ0) is 16.5. The minimum Gasteiger partial charge on any atom is -0.412 e. The van der Waals surface area contributed by atoms with Crippen LogP contribution in [0.1, 0.15) is 34.3 Å². The van der Waals surface area contributed by atoms with E-state index >= 15 is 0 Å². The van der Waals surface area contributed by atoms with Gasteiger partial charge in [-0.1, -0.05) is 36.4 Å². The maximum atomic E-state index is 12.4. The van der Waals surface area contributed by atoms with Gasteiger partial charge in [0.2, 0.25) is 5.89 Å². The van der Waals surface area contributed by atoms with Crippen LogP contribution in [-0.4, -0.2) is 16.1 Å². The number of aryl methyl sites for hydroxylation is 1. The van der Waals surface area contributed by atoms with Crippen LogP contribution < -0.4 is 11.1 Å². The van der Waals surface area contributed by atoms with Crippen molar-refractivity contribution in [3.63, 3.8) is 0 Å². The molecule has 1 unspecified atom stereocenters. The number of aromatic nitrogens is 2. The fraction of sp³-hybridized carbons (Fsp3) is 0.167. The third-order valence-electron chi connectivity index (χ3n) is 4.25. The number of nitrogens with one attached hydrogen (secondary N) is 1. The number of hydrogen-bond donors (Lipinski definition) is 2. The molecule has 1 aliphatic rings.